The van der Waals surface area contributed by atoms with Gasteiger partial charge in [0.05, 0.1) is 5.41 Å². The Morgan fingerprint density at radius 2 is 2.09 bits per heavy atom. The van der Waals surface area contributed by atoms with E-state index in [0.29, 0.717) is 13.0 Å². The third-order valence-corrected chi connectivity index (χ3v) is 2.39. The fourth-order valence-corrected chi connectivity index (χ4v) is 1.27. The SMILES string of the molecule is COCCC1(CN)CC1(F)F. The van der Waals surface area contributed by atoms with E-state index in [1.807, 2.05) is 0 Å². The van der Waals surface area contributed by atoms with Crippen molar-refractivity contribution >= 4 is 0 Å². The maximum absolute atomic E-state index is 12.6. The van der Waals surface area contributed by atoms with E-state index in [1.54, 1.807) is 0 Å². The number of halogens is 2. The van der Waals surface area contributed by atoms with Crippen LogP contribution in [-0.2, 0) is 4.74 Å². The molecule has 1 atom stereocenters. The molecular formula is C7H13F2NO. The number of alkyl halides is 2. The van der Waals surface area contributed by atoms with E-state index in [2.05, 4.69) is 0 Å². The molecule has 1 saturated carbocycles. The fourth-order valence-electron chi connectivity index (χ4n) is 1.27. The Balaban J connectivity index is 2.40. The summed E-state index contributed by atoms with van der Waals surface area (Å²) in [5.74, 6) is -2.54. The Morgan fingerprint density at radius 1 is 1.55 bits per heavy atom. The summed E-state index contributed by atoms with van der Waals surface area (Å²) < 4.78 is 30.0. The van der Waals surface area contributed by atoms with Crippen LogP contribution >= 0.6 is 0 Å². The van der Waals surface area contributed by atoms with E-state index in [0.717, 1.165) is 0 Å². The van der Waals surface area contributed by atoms with E-state index in [-0.39, 0.29) is 13.0 Å². The molecule has 1 fully saturated rings. The summed E-state index contributed by atoms with van der Waals surface area (Å²) in [6.07, 6.45) is 0.298. The van der Waals surface area contributed by atoms with Crippen LogP contribution < -0.4 is 5.73 Å². The van der Waals surface area contributed by atoms with Crippen LogP contribution in [0, 0.1) is 5.41 Å². The second kappa shape index (κ2) is 2.68. The van der Waals surface area contributed by atoms with Crippen molar-refractivity contribution in [3.63, 3.8) is 0 Å². The molecule has 66 valence electrons. The van der Waals surface area contributed by atoms with E-state index in [4.69, 9.17) is 10.5 Å². The second-order valence-corrected chi connectivity index (χ2v) is 3.11. The molecule has 0 aromatic carbocycles. The van der Waals surface area contributed by atoms with Crippen LogP contribution in [0.1, 0.15) is 12.8 Å². The molecule has 0 bridgehead atoms. The molecule has 0 aromatic rings. The molecule has 0 aromatic heterocycles. The molecule has 0 heterocycles. The molecule has 0 radical (unpaired) electrons. The van der Waals surface area contributed by atoms with E-state index in [9.17, 15) is 8.78 Å². The van der Waals surface area contributed by atoms with Gasteiger partial charge in [-0.2, -0.15) is 0 Å². The zero-order chi connectivity index (χ0) is 8.54. The minimum atomic E-state index is -2.54. The van der Waals surface area contributed by atoms with Crippen LogP contribution in [0.4, 0.5) is 8.78 Å². The van der Waals surface area contributed by atoms with Gasteiger partial charge in [-0.15, -0.1) is 0 Å². The summed E-state index contributed by atoms with van der Waals surface area (Å²) in [4.78, 5) is 0. The summed E-state index contributed by atoms with van der Waals surface area (Å²) >= 11 is 0. The normalized spacial score (nSPS) is 33.8. The lowest BCUT2D eigenvalue weighted by atomic mass is 10.0. The summed E-state index contributed by atoms with van der Waals surface area (Å²) in [6, 6.07) is 0. The summed E-state index contributed by atoms with van der Waals surface area (Å²) in [5, 5.41) is 0. The average molecular weight is 165 g/mol. The lowest BCUT2D eigenvalue weighted by molar-refractivity contribution is 0.0508. The molecule has 0 amide bonds. The molecule has 4 heteroatoms. The maximum atomic E-state index is 12.6. The molecule has 1 rings (SSSR count). The fraction of sp³-hybridized carbons (Fsp3) is 1.00. The predicted octanol–water partition coefficient (Wildman–Crippen LogP) is 1.01. The van der Waals surface area contributed by atoms with E-state index < -0.39 is 11.3 Å². The van der Waals surface area contributed by atoms with Gasteiger partial charge in [0, 0.05) is 26.7 Å². The van der Waals surface area contributed by atoms with Crippen LogP contribution in [0.5, 0.6) is 0 Å². The lowest BCUT2D eigenvalue weighted by Crippen LogP contribution is -2.23. The van der Waals surface area contributed by atoms with Gasteiger partial charge >= 0.3 is 0 Å². The predicted molar refractivity (Wildman–Crippen MR) is 37.5 cm³/mol. The molecule has 1 unspecified atom stereocenters. The monoisotopic (exact) mass is 165 g/mol. The molecule has 0 aliphatic heterocycles. The largest absolute Gasteiger partial charge is 0.385 e. The first-order valence-corrected chi connectivity index (χ1v) is 3.65. The molecule has 0 spiro atoms. The van der Waals surface area contributed by atoms with Gasteiger partial charge < -0.3 is 10.5 Å². The standard InChI is InChI=1S/C7H13F2NO/c1-11-3-2-6(5-10)4-7(6,8)9/h2-5,10H2,1H3. The van der Waals surface area contributed by atoms with E-state index >= 15 is 0 Å². The number of rotatable bonds is 4. The Labute approximate surface area is 64.7 Å². The summed E-state index contributed by atoms with van der Waals surface area (Å²) in [6.45, 7) is 0.427. The average Bonchev–Trinajstić information content (AvgIpc) is 2.50. The third-order valence-electron chi connectivity index (χ3n) is 2.39. The maximum Gasteiger partial charge on any atom is 0.255 e. The van der Waals surface area contributed by atoms with Crippen molar-refractivity contribution in [3.8, 4) is 0 Å². The van der Waals surface area contributed by atoms with Gasteiger partial charge in [0.15, 0.2) is 0 Å². The van der Waals surface area contributed by atoms with Gasteiger partial charge in [-0.05, 0) is 6.42 Å². The number of hydrogen-bond donors (Lipinski definition) is 1. The van der Waals surface area contributed by atoms with Crippen LogP contribution in [0.3, 0.4) is 0 Å². The molecular weight excluding hydrogens is 152 g/mol. The van der Waals surface area contributed by atoms with Crippen LogP contribution in [0.2, 0.25) is 0 Å². The topological polar surface area (TPSA) is 35.2 Å². The Hall–Kier alpha value is -0.220. The lowest BCUT2D eigenvalue weighted by Gasteiger charge is -2.11. The summed E-state index contributed by atoms with van der Waals surface area (Å²) in [5.41, 5.74) is 4.31. The van der Waals surface area contributed by atoms with Crippen molar-refractivity contribution in [2.75, 3.05) is 20.3 Å². The van der Waals surface area contributed by atoms with Crippen molar-refractivity contribution < 1.29 is 13.5 Å². The molecule has 1 aliphatic rings. The highest BCUT2D eigenvalue weighted by Crippen LogP contribution is 2.61. The van der Waals surface area contributed by atoms with Gasteiger partial charge in [0.2, 0.25) is 0 Å². The third kappa shape index (κ3) is 1.37. The molecule has 11 heavy (non-hydrogen) atoms. The number of nitrogens with two attached hydrogens (primary N) is 1. The van der Waals surface area contributed by atoms with Crippen molar-refractivity contribution in [2.24, 2.45) is 11.1 Å². The summed E-state index contributed by atoms with van der Waals surface area (Å²) in [7, 11) is 1.50. The Bertz CT molecular complexity index is 151. The smallest absolute Gasteiger partial charge is 0.255 e. The zero-order valence-corrected chi connectivity index (χ0v) is 6.57. The van der Waals surface area contributed by atoms with Crippen molar-refractivity contribution in [3.05, 3.63) is 0 Å². The number of methoxy groups -OCH3 is 1. The minimum Gasteiger partial charge on any atom is -0.385 e. The highest BCUT2D eigenvalue weighted by Gasteiger charge is 2.69. The van der Waals surface area contributed by atoms with Crippen LogP contribution in [0.15, 0.2) is 0 Å². The molecule has 2 nitrogen and oxygen atoms in total. The van der Waals surface area contributed by atoms with Crippen LogP contribution in [0.25, 0.3) is 0 Å². The van der Waals surface area contributed by atoms with Gasteiger partial charge in [-0.3, -0.25) is 0 Å². The highest BCUT2D eigenvalue weighted by molar-refractivity contribution is 5.10. The number of hydrogen-bond acceptors (Lipinski definition) is 2. The molecule has 1 aliphatic carbocycles. The second-order valence-electron chi connectivity index (χ2n) is 3.11. The van der Waals surface area contributed by atoms with Crippen LogP contribution in [-0.4, -0.2) is 26.2 Å². The quantitative estimate of drug-likeness (QED) is 0.674. The van der Waals surface area contributed by atoms with Gasteiger partial charge in [-0.1, -0.05) is 0 Å². The first-order valence-electron chi connectivity index (χ1n) is 3.65. The molecule has 0 saturated heterocycles. The Kier molecular flexibility index (Phi) is 2.16. The zero-order valence-electron chi connectivity index (χ0n) is 6.57. The Morgan fingerprint density at radius 3 is 2.36 bits per heavy atom. The van der Waals surface area contributed by atoms with Crippen molar-refractivity contribution in [1.29, 1.82) is 0 Å². The van der Waals surface area contributed by atoms with E-state index in [1.165, 1.54) is 7.11 Å². The van der Waals surface area contributed by atoms with Crippen molar-refractivity contribution in [1.82, 2.24) is 0 Å². The van der Waals surface area contributed by atoms with Crippen molar-refractivity contribution in [2.45, 2.75) is 18.8 Å². The van der Waals surface area contributed by atoms with Gasteiger partial charge in [0.1, 0.15) is 0 Å². The first-order chi connectivity index (χ1) is 5.08. The highest BCUT2D eigenvalue weighted by atomic mass is 19.3. The number of ether oxygens (including phenoxy) is 1. The minimum absolute atomic E-state index is 0.0589. The van der Waals surface area contributed by atoms with Gasteiger partial charge in [-0.25, -0.2) is 8.78 Å². The molecule has 2 N–H and O–H groups in total. The van der Waals surface area contributed by atoms with Gasteiger partial charge in [0.25, 0.3) is 5.92 Å². The first kappa shape index (κ1) is 8.87.